The number of hydrogen-bond acceptors (Lipinski definition) is 8. The number of aromatic nitrogens is 2. The van der Waals surface area contributed by atoms with E-state index in [0.717, 1.165) is 68.9 Å². The zero-order chi connectivity index (χ0) is 29.4. The maximum Gasteiger partial charge on any atom is 0.275 e. The van der Waals surface area contributed by atoms with E-state index in [2.05, 4.69) is 32.0 Å². The Morgan fingerprint density at radius 1 is 0.976 bits per heavy atom. The predicted octanol–water partition coefficient (Wildman–Crippen LogP) is 1.90. The van der Waals surface area contributed by atoms with E-state index < -0.39 is 17.9 Å². The SMILES string of the molecule is C[C@H]1CN(CC2CCN(c3ccc(C(N)=O)cc3)CC2)CCN1c1ccc2c(=O)n(C3CCC(=O)NC3=O)ncc2c1. The standard InChI is InChI=1S/C31H37N7O4/c1-20-18-35(19-21-10-12-36(13-11-21)24-4-2-22(3-5-24)29(32)40)14-15-37(20)25-6-7-26-23(16-25)17-33-38(31(26)42)27-8-9-28(39)34-30(27)41/h2-7,16-17,20-21,27H,8-15,18-19H2,1H3,(H2,32,40)(H,34,39,41)/t20-,27?/m0/s1. The highest BCUT2D eigenvalue weighted by Gasteiger charge is 2.31. The minimum Gasteiger partial charge on any atom is -0.372 e. The number of nitrogens with zero attached hydrogens (tertiary/aromatic N) is 5. The minimum atomic E-state index is -0.769. The summed E-state index contributed by atoms with van der Waals surface area (Å²) in [5, 5.41) is 7.86. The molecule has 3 aromatic rings. The molecule has 4 heterocycles. The molecule has 42 heavy (non-hydrogen) atoms. The second-order valence-corrected chi connectivity index (χ2v) is 11.8. The first-order valence-corrected chi connectivity index (χ1v) is 14.8. The van der Waals surface area contributed by atoms with Crippen LogP contribution in [0.15, 0.2) is 53.5 Å². The fraction of sp³-hybridized carbons (Fsp3) is 0.452. The molecular formula is C31H37N7O4. The molecule has 2 atom stereocenters. The molecule has 1 unspecified atom stereocenters. The minimum absolute atomic E-state index is 0.193. The lowest BCUT2D eigenvalue weighted by Gasteiger charge is -2.43. The van der Waals surface area contributed by atoms with Crippen molar-refractivity contribution in [1.82, 2.24) is 20.0 Å². The first-order valence-electron chi connectivity index (χ1n) is 14.8. The predicted molar refractivity (Wildman–Crippen MR) is 161 cm³/mol. The highest BCUT2D eigenvalue weighted by Crippen LogP contribution is 2.28. The van der Waals surface area contributed by atoms with E-state index in [-0.39, 0.29) is 24.3 Å². The van der Waals surface area contributed by atoms with E-state index in [4.69, 9.17) is 5.73 Å². The van der Waals surface area contributed by atoms with E-state index in [0.29, 0.717) is 22.9 Å². The van der Waals surface area contributed by atoms with Crippen molar-refractivity contribution >= 4 is 39.9 Å². The quantitative estimate of drug-likeness (QED) is 0.429. The summed E-state index contributed by atoms with van der Waals surface area (Å²) in [7, 11) is 0. The highest BCUT2D eigenvalue weighted by molar-refractivity contribution is 5.99. The van der Waals surface area contributed by atoms with Crippen LogP contribution in [0.25, 0.3) is 10.8 Å². The number of primary amides is 1. The number of rotatable bonds is 6. The lowest BCUT2D eigenvalue weighted by Crippen LogP contribution is -2.53. The van der Waals surface area contributed by atoms with Crippen LogP contribution >= 0.6 is 0 Å². The molecule has 3 fully saturated rings. The number of hydrogen-bond donors (Lipinski definition) is 2. The number of nitrogens with two attached hydrogens (primary N) is 1. The zero-order valence-electron chi connectivity index (χ0n) is 23.9. The molecule has 11 nitrogen and oxygen atoms in total. The maximum absolute atomic E-state index is 13.2. The van der Waals surface area contributed by atoms with Gasteiger partial charge in [0.05, 0.1) is 11.6 Å². The van der Waals surface area contributed by atoms with Gasteiger partial charge in [0.25, 0.3) is 11.5 Å². The van der Waals surface area contributed by atoms with Gasteiger partial charge in [0, 0.05) is 74.1 Å². The summed E-state index contributed by atoms with van der Waals surface area (Å²) in [6, 6.07) is 12.9. The first kappa shape index (κ1) is 27.9. The van der Waals surface area contributed by atoms with Gasteiger partial charge in [-0.3, -0.25) is 29.4 Å². The van der Waals surface area contributed by atoms with Gasteiger partial charge >= 0.3 is 0 Å². The Morgan fingerprint density at radius 3 is 2.40 bits per heavy atom. The van der Waals surface area contributed by atoms with E-state index in [1.54, 1.807) is 18.3 Å². The van der Waals surface area contributed by atoms with Gasteiger partial charge in [-0.25, -0.2) is 4.68 Å². The van der Waals surface area contributed by atoms with Crippen molar-refractivity contribution in [1.29, 1.82) is 0 Å². The van der Waals surface area contributed by atoms with Gasteiger partial charge in [-0.2, -0.15) is 5.10 Å². The molecule has 0 spiro atoms. The lowest BCUT2D eigenvalue weighted by atomic mass is 9.95. The zero-order valence-corrected chi connectivity index (χ0v) is 23.9. The number of fused-ring (bicyclic) bond motifs is 1. The second kappa shape index (κ2) is 11.6. The Labute approximate surface area is 244 Å². The first-order chi connectivity index (χ1) is 20.3. The molecule has 220 valence electrons. The normalized spacial score (nSPS) is 22.4. The topological polar surface area (TPSA) is 134 Å². The average Bonchev–Trinajstić information content (AvgIpc) is 2.98. The number of amides is 3. The molecule has 6 rings (SSSR count). The molecule has 0 saturated carbocycles. The number of carbonyl (C=O) groups excluding carboxylic acids is 3. The third kappa shape index (κ3) is 5.61. The lowest BCUT2D eigenvalue weighted by molar-refractivity contribution is -0.136. The largest absolute Gasteiger partial charge is 0.372 e. The fourth-order valence-electron chi connectivity index (χ4n) is 6.63. The molecular weight excluding hydrogens is 534 g/mol. The Morgan fingerprint density at radius 2 is 1.71 bits per heavy atom. The van der Waals surface area contributed by atoms with Crippen molar-refractivity contribution in [2.24, 2.45) is 11.7 Å². The van der Waals surface area contributed by atoms with Crippen LogP contribution in [0, 0.1) is 5.92 Å². The van der Waals surface area contributed by atoms with Gasteiger partial charge in [0.2, 0.25) is 11.8 Å². The van der Waals surface area contributed by atoms with Crippen molar-refractivity contribution in [2.45, 2.75) is 44.7 Å². The van der Waals surface area contributed by atoms with Crippen LogP contribution in [0.1, 0.15) is 49.0 Å². The summed E-state index contributed by atoms with van der Waals surface area (Å²) in [6.45, 7) is 8.20. The van der Waals surface area contributed by atoms with E-state index in [1.807, 2.05) is 30.3 Å². The van der Waals surface area contributed by atoms with Gasteiger partial charge in [-0.1, -0.05) is 0 Å². The number of nitrogens with one attached hydrogen (secondary N) is 1. The third-order valence-corrected chi connectivity index (χ3v) is 8.99. The van der Waals surface area contributed by atoms with Crippen molar-refractivity contribution in [3.63, 3.8) is 0 Å². The fourth-order valence-corrected chi connectivity index (χ4v) is 6.63. The molecule has 3 aliphatic rings. The number of piperazine rings is 1. The number of benzene rings is 2. The van der Waals surface area contributed by atoms with Gasteiger partial charge in [-0.15, -0.1) is 0 Å². The molecule has 1 aromatic heterocycles. The smallest absolute Gasteiger partial charge is 0.275 e. The van der Waals surface area contributed by atoms with Gasteiger partial charge in [-0.05, 0) is 74.6 Å². The molecule has 3 amide bonds. The summed E-state index contributed by atoms with van der Waals surface area (Å²) in [6.07, 6.45) is 4.39. The van der Waals surface area contributed by atoms with Crippen molar-refractivity contribution in [3.05, 3.63) is 64.6 Å². The molecule has 3 saturated heterocycles. The van der Waals surface area contributed by atoms with Gasteiger partial charge in [0.15, 0.2) is 0 Å². The Hall–Kier alpha value is -4.25. The molecule has 3 N–H and O–H groups in total. The van der Waals surface area contributed by atoms with Crippen LogP contribution in [0.3, 0.4) is 0 Å². The van der Waals surface area contributed by atoms with Crippen LogP contribution in [-0.4, -0.2) is 77.7 Å². The van der Waals surface area contributed by atoms with Gasteiger partial charge < -0.3 is 15.5 Å². The number of carbonyl (C=O) groups is 3. The molecule has 11 heteroatoms. The summed E-state index contributed by atoms with van der Waals surface area (Å²) in [5.74, 6) is -0.544. The Bertz CT molecular complexity index is 1560. The van der Waals surface area contributed by atoms with E-state index >= 15 is 0 Å². The molecule has 3 aliphatic heterocycles. The number of anilines is 2. The molecule has 0 aliphatic carbocycles. The molecule has 0 bridgehead atoms. The van der Waals surface area contributed by atoms with Crippen LogP contribution in [-0.2, 0) is 9.59 Å². The van der Waals surface area contributed by atoms with Crippen LogP contribution in [0.5, 0.6) is 0 Å². The molecule has 0 radical (unpaired) electrons. The van der Waals surface area contributed by atoms with Crippen molar-refractivity contribution < 1.29 is 14.4 Å². The van der Waals surface area contributed by atoms with Crippen molar-refractivity contribution in [2.75, 3.05) is 49.1 Å². The van der Waals surface area contributed by atoms with E-state index in [9.17, 15) is 19.2 Å². The number of imide groups is 1. The third-order valence-electron chi connectivity index (χ3n) is 8.99. The second-order valence-electron chi connectivity index (χ2n) is 11.8. The van der Waals surface area contributed by atoms with Gasteiger partial charge in [0.1, 0.15) is 6.04 Å². The van der Waals surface area contributed by atoms with E-state index in [1.165, 1.54) is 4.68 Å². The van der Waals surface area contributed by atoms with Crippen LogP contribution < -0.4 is 26.4 Å². The van der Waals surface area contributed by atoms with Crippen LogP contribution in [0.4, 0.5) is 11.4 Å². The summed E-state index contributed by atoms with van der Waals surface area (Å²) >= 11 is 0. The number of piperidine rings is 2. The highest BCUT2D eigenvalue weighted by atomic mass is 16.2. The summed E-state index contributed by atoms with van der Waals surface area (Å²) in [5.41, 5.74) is 7.79. The van der Waals surface area contributed by atoms with Crippen molar-refractivity contribution in [3.8, 4) is 0 Å². The maximum atomic E-state index is 13.2. The van der Waals surface area contributed by atoms with Crippen LogP contribution in [0.2, 0.25) is 0 Å². The summed E-state index contributed by atoms with van der Waals surface area (Å²) < 4.78 is 1.20. The average molecular weight is 572 g/mol. The Kier molecular flexibility index (Phi) is 7.68. The Balaban J connectivity index is 1.05. The molecule has 2 aromatic carbocycles. The summed E-state index contributed by atoms with van der Waals surface area (Å²) in [4.78, 5) is 55.7. The monoisotopic (exact) mass is 571 g/mol.